The van der Waals surface area contributed by atoms with E-state index in [-0.39, 0.29) is 16.8 Å². The molecule has 0 heterocycles. The predicted octanol–water partition coefficient (Wildman–Crippen LogP) is 3.29. The number of rotatable bonds is 7. The van der Waals surface area contributed by atoms with Gasteiger partial charge in [-0.1, -0.05) is 49.4 Å². The van der Waals surface area contributed by atoms with Crippen LogP contribution < -0.4 is 5.32 Å². The molecule has 0 spiro atoms. The van der Waals surface area contributed by atoms with Crippen LogP contribution in [0, 0.1) is 0 Å². The van der Waals surface area contributed by atoms with Gasteiger partial charge in [-0.15, -0.1) is 0 Å². The molecule has 0 bridgehead atoms. The van der Waals surface area contributed by atoms with Crippen molar-refractivity contribution in [2.24, 2.45) is 0 Å². The Morgan fingerprint density at radius 1 is 1.04 bits per heavy atom. The highest BCUT2D eigenvalue weighted by Gasteiger charge is 2.14. The number of hydrogen-bond acceptors (Lipinski definition) is 3. The van der Waals surface area contributed by atoms with Crippen molar-refractivity contribution >= 4 is 15.7 Å². The van der Waals surface area contributed by atoms with Gasteiger partial charge in [-0.05, 0) is 36.1 Å². The molecule has 1 N–H and O–H groups in total. The Labute approximate surface area is 143 Å². The molecule has 0 aliphatic heterocycles. The quantitative estimate of drug-likeness (QED) is 0.837. The first-order valence-electron chi connectivity index (χ1n) is 8.03. The minimum absolute atomic E-state index is 0.00195. The average Bonchev–Trinajstić information content (AvgIpc) is 2.58. The van der Waals surface area contributed by atoms with Crippen LogP contribution in [0.2, 0.25) is 0 Å². The molecule has 2 aromatic carbocycles. The van der Waals surface area contributed by atoms with Crippen molar-refractivity contribution < 1.29 is 13.2 Å². The van der Waals surface area contributed by atoms with E-state index in [0.717, 1.165) is 17.5 Å². The molecule has 0 aromatic heterocycles. The molecule has 0 aliphatic carbocycles. The lowest BCUT2D eigenvalue weighted by Gasteiger charge is -2.18. The monoisotopic (exact) mass is 345 g/mol. The zero-order valence-electron chi connectivity index (χ0n) is 14.0. The zero-order chi connectivity index (χ0) is 17.6. The molecule has 0 unspecified atom stereocenters. The first kappa shape index (κ1) is 18.2. The van der Waals surface area contributed by atoms with Crippen LogP contribution in [0.4, 0.5) is 0 Å². The summed E-state index contributed by atoms with van der Waals surface area (Å²) in [6.07, 6.45) is 3.07. The van der Waals surface area contributed by atoms with Gasteiger partial charge in [0.05, 0.1) is 10.9 Å². The number of aryl methyl sites for hydroxylation is 1. The van der Waals surface area contributed by atoms with E-state index in [2.05, 4.69) is 5.32 Å². The Kier molecular flexibility index (Phi) is 6.15. The Balaban J connectivity index is 1.97. The summed E-state index contributed by atoms with van der Waals surface area (Å²) >= 11 is 0. The second-order valence-electron chi connectivity index (χ2n) is 5.86. The second kappa shape index (κ2) is 8.11. The van der Waals surface area contributed by atoms with Crippen LogP contribution >= 0.6 is 0 Å². The highest BCUT2D eigenvalue weighted by molar-refractivity contribution is 7.90. The Morgan fingerprint density at radius 3 is 2.21 bits per heavy atom. The fourth-order valence-corrected chi connectivity index (χ4v) is 3.17. The lowest BCUT2D eigenvalue weighted by atomic mass is 10.0. The predicted molar refractivity (Wildman–Crippen MR) is 95.5 cm³/mol. The van der Waals surface area contributed by atoms with Crippen molar-refractivity contribution in [3.05, 3.63) is 65.7 Å². The van der Waals surface area contributed by atoms with Crippen LogP contribution in [-0.4, -0.2) is 20.6 Å². The molecule has 2 aromatic rings. The number of nitrogens with one attached hydrogen (secondary N) is 1. The fourth-order valence-electron chi connectivity index (χ4n) is 2.54. The summed E-state index contributed by atoms with van der Waals surface area (Å²) in [7, 11) is -3.20. The summed E-state index contributed by atoms with van der Waals surface area (Å²) in [5.74, 6) is -0.00195. The average molecular weight is 345 g/mol. The maximum atomic E-state index is 12.2. The molecule has 128 valence electrons. The SMILES string of the molecule is CC[C@H](NC(=O)CCc1ccccc1)c1ccc(S(C)(=O)=O)cc1. The molecule has 5 heteroatoms. The summed E-state index contributed by atoms with van der Waals surface area (Å²) in [5.41, 5.74) is 2.05. The van der Waals surface area contributed by atoms with E-state index in [1.807, 2.05) is 37.3 Å². The molecular weight excluding hydrogens is 322 g/mol. The number of carbonyl (C=O) groups is 1. The van der Waals surface area contributed by atoms with E-state index >= 15 is 0 Å². The molecular formula is C19H23NO3S. The summed E-state index contributed by atoms with van der Waals surface area (Å²) in [4.78, 5) is 12.5. The van der Waals surface area contributed by atoms with Crippen molar-refractivity contribution in [3.8, 4) is 0 Å². The first-order chi connectivity index (χ1) is 11.4. The molecule has 4 nitrogen and oxygen atoms in total. The largest absolute Gasteiger partial charge is 0.349 e. The third-order valence-electron chi connectivity index (χ3n) is 3.94. The van der Waals surface area contributed by atoms with E-state index in [1.165, 1.54) is 6.26 Å². The number of amides is 1. The number of sulfone groups is 1. The van der Waals surface area contributed by atoms with Crippen LogP contribution in [-0.2, 0) is 21.1 Å². The lowest BCUT2D eigenvalue weighted by molar-refractivity contribution is -0.121. The first-order valence-corrected chi connectivity index (χ1v) is 9.92. The standard InChI is InChI=1S/C19H23NO3S/c1-3-18(16-10-12-17(13-11-16)24(2,22)23)20-19(21)14-9-15-7-5-4-6-8-15/h4-8,10-13,18H,3,9,14H2,1-2H3,(H,20,21)/t18-/m0/s1. The normalized spacial score (nSPS) is 12.6. The van der Waals surface area contributed by atoms with Gasteiger partial charge in [-0.3, -0.25) is 4.79 Å². The smallest absolute Gasteiger partial charge is 0.220 e. The highest BCUT2D eigenvalue weighted by Crippen LogP contribution is 2.19. The highest BCUT2D eigenvalue weighted by atomic mass is 32.2. The van der Waals surface area contributed by atoms with Gasteiger partial charge in [0.15, 0.2) is 9.84 Å². The van der Waals surface area contributed by atoms with Gasteiger partial charge in [0, 0.05) is 12.7 Å². The van der Waals surface area contributed by atoms with Gasteiger partial charge in [0.25, 0.3) is 0 Å². The van der Waals surface area contributed by atoms with Crippen molar-refractivity contribution in [1.29, 1.82) is 0 Å². The summed E-state index contributed by atoms with van der Waals surface area (Å²) in [5, 5.41) is 3.02. The second-order valence-corrected chi connectivity index (χ2v) is 7.87. The molecule has 24 heavy (non-hydrogen) atoms. The van der Waals surface area contributed by atoms with Crippen molar-refractivity contribution in [3.63, 3.8) is 0 Å². The zero-order valence-corrected chi connectivity index (χ0v) is 14.8. The van der Waals surface area contributed by atoms with E-state index in [0.29, 0.717) is 12.8 Å². The van der Waals surface area contributed by atoms with E-state index in [9.17, 15) is 13.2 Å². The van der Waals surface area contributed by atoms with Gasteiger partial charge >= 0.3 is 0 Å². The molecule has 1 amide bonds. The number of carbonyl (C=O) groups excluding carboxylic acids is 1. The molecule has 0 radical (unpaired) electrons. The molecule has 2 rings (SSSR count). The maximum Gasteiger partial charge on any atom is 0.220 e. The van der Waals surface area contributed by atoms with Crippen LogP contribution in [0.3, 0.4) is 0 Å². The van der Waals surface area contributed by atoms with Crippen LogP contribution in [0.1, 0.15) is 36.9 Å². The minimum Gasteiger partial charge on any atom is -0.349 e. The van der Waals surface area contributed by atoms with Gasteiger partial charge in [0.2, 0.25) is 5.91 Å². The third-order valence-corrected chi connectivity index (χ3v) is 5.07. The molecule has 0 fully saturated rings. The topological polar surface area (TPSA) is 63.2 Å². The fraction of sp³-hybridized carbons (Fsp3) is 0.316. The van der Waals surface area contributed by atoms with Gasteiger partial charge in [-0.2, -0.15) is 0 Å². The maximum absolute atomic E-state index is 12.2. The van der Waals surface area contributed by atoms with E-state index in [4.69, 9.17) is 0 Å². The van der Waals surface area contributed by atoms with Crippen LogP contribution in [0.25, 0.3) is 0 Å². The summed E-state index contributed by atoms with van der Waals surface area (Å²) in [6, 6.07) is 16.5. The summed E-state index contributed by atoms with van der Waals surface area (Å²) in [6.45, 7) is 1.99. The Bertz CT molecular complexity index is 768. The van der Waals surface area contributed by atoms with Crippen LogP contribution in [0.15, 0.2) is 59.5 Å². The van der Waals surface area contributed by atoms with Crippen molar-refractivity contribution in [2.45, 2.75) is 37.1 Å². The number of benzene rings is 2. The minimum atomic E-state index is -3.20. The van der Waals surface area contributed by atoms with Gasteiger partial charge in [-0.25, -0.2) is 8.42 Å². The van der Waals surface area contributed by atoms with Crippen molar-refractivity contribution in [1.82, 2.24) is 5.32 Å². The van der Waals surface area contributed by atoms with E-state index in [1.54, 1.807) is 24.3 Å². The molecule has 0 saturated carbocycles. The molecule has 0 aliphatic rings. The third kappa shape index (κ3) is 5.20. The lowest BCUT2D eigenvalue weighted by Crippen LogP contribution is -2.28. The molecule has 0 saturated heterocycles. The van der Waals surface area contributed by atoms with Gasteiger partial charge in [0.1, 0.15) is 0 Å². The van der Waals surface area contributed by atoms with Gasteiger partial charge < -0.3 is 5.32 Å². The van der Waals surface area contributed by atoms with Crippen LogP contribution in [0.5, 0.6) is 0 Å². The molecule has 1 atom stereocenters. The van der Waals surface area contributed by atoms with Crippen molar-refractivity contribution in [2.75, 3.05) is 6.26 Å². The Morgan fingerprint density at radius 2 is 1.67 bits per heavy atom. The summed E-state index contributed by atoms with van der Waals surface area (Å²) < 4.78 is 23.0. The Hall–Kier alpha value is -2.14. The number of hydrogen-bond donors (Lipinski definition) is 1. The van der Waals surface area contributed by atoms with E-state index < -0.39 is 9.84 Å².